The van der Waals surface area contributed by atoms with Gasteiger partial charge in [-0.15, -0.1) is 11.6 Å². The molecule has 1 amide bonds. The summed E-state index contributed by atoms with van der Waals surface area (Å²) < 4.78 is 0. The third-order valence-electron chi connectivity index (χ3n) is 2.52. The van der Waals surface area contributed by atoms with E-state index in [1.54, 1.807) is 0 Å². The van der Waals surface area contributed by atoms with Crippen molar-refractivity contribution in [3.8, 4) is 0 Å². The van der Waals surface area contributed by atoms with Crippen LogP contribution in [0.15, 0.2) is 0 Å². The van der Waals surface area contributed by atoms with Crippen molar-refractivity contribution in [2.45, 2.75) is 31.7 Å². The number of nitrogens with zero attached hydrogens (tertiary/aromatic N) is 1. The molecule has 0 spiro atoms. The highest BCUT2D eigenvalue weighted by atomic mass is 35.5. The summed E-state index contributed by atoms with van der Waals surface area (Å²) in [5.41, 5.74) is 0. The molecule has 0 heterocycles. The van der Waals surface area contributed by atoms with Crippen LogP contribution in [0.2, 0.25) is 0 Å². The van der Waals surface area contributed by atoms with E-state index >= 15 is 0 Å². The normalized spacial score (nSPS) is 22.4. The Morgan fingerprint density at radius 2 is 2.00 bits per heavy atom. The highest BCUT2D eigenvalue weighted by molar-refractivity contribution is 6.18. The molecule has 2 fully saturated rings. The Kier molecular flexibility index (Phi) is 2.26. The topological polar surface area (TPSA) is 20.3 Å². The fourth-order valence-electron chi connectivity index (χ4n) is 1.51. The zero-order chi connectivity index (χ0) is 8.55. The smallest absolute Gasteiger partial charge is 0.225 e. The van der Waals surface area contributed by atoms with Crippen molar-refractivity contribution < 1.29 is 4.79 Å². The van der Waals surface area contributed by atoms with Crippen LogP contribution in [0.4, 0.5) is 0 Å². The molecule has 0 radical (unpaired) electrons. The van der Waals surface area contributed by atoms with Crippen molar-refractivity contribution in [3.05, 3.63) is 0 Å². The molecule has 2 rings (SSSR count). The highest BCUT2D eigenvalue weighted by Gasteiger charge is 2.39. The van der Waals surface area contributed by atoms with Crippen LogP contribution < -0.4 is 0 Å². The van der Waals surface area contributed by atoms with E-state index in [0.717, 1.165) is 19.4 Å². The molecular formula is C9H14ClNO. The fourth-order valence-corrected chi connectivity index (χ4v) is 1.70. The van der Waals surface area contributed by atoms with Crippen LogP contribution in [0.1, 0.15) is 25.7 Å². The Morgan fingerprint density at radius 3 is 2.42 bits per heavy atom. The maximum atomic E-state index is 11.6. The highest BCUT2D eigenvalue weighted by Crippen LogP contribution is 2.35. The lowest BCUT2D eigenvalue weighted by molar-refractivity contribution is -0.132. The van der Waals surface area contributed by atoms with Crippen molar-refractivity contribution >= 4 is 17.5 Å². The van der Waals surface area contributed by atoms with Crippen molar-refractivity contribution in [3.63, 3.8) is 0 Å². The molecule has 2 nitrogen and oxygen atoms in total. The molecule has 2 aliphatic carbocycles. The van der Waals surface area contributed by atoms with E-state index < -0.39 is 0 Å². The van der Waals surface area contributed by atoms with Gasteiger partial charge >= 0.3 is 0 Å². The van der Waals surface area contributed by atoms with E-state index in [0.29, 0.717) is 23.7 Å². The average Bonchev–Trinajstić information content (AvgIpc) is 2.88. The van der Waals surface area contributed by atoms with Crippen LogP contribution >= 0.6 is 11.6 Å². The SMILES string of the molecule is O=C(C1CC1)N(CCCl)C1CC1. The first-order chi connectivity index (χ1) is 5.83. The second kappa shape index (κ2) is 3.25. The Bertz CT molecular complexity index is 187. The van der Waals surface area contributed by atoms with Gasteiger partial charge in [0, 0.05) is 24.4 Å². The fraction of sp³-hybridized carbons (Fsp3) is 0.889. The number of hydrogen-bond acceptors (Lipinski definition) is 1. The molecule has 2 aliphatic rings. The molecule has 0 N–H and O–H groups in total. The van der Waals surface area contributed by atoms with Gasteiger partial charge in [-0.3, -0.25) is 4.79 Å². The van der Waals surface area contributed by atoms with Crippen LogP contribution in [0.25, 0.3) is 0 Å². The first kappa shape index (κ1) is 8.36. The van der Waals surface area contributed by atoms with Gasteiger partial charge in [0.05, 0.1) is 0 Å². The van der Waals surface area contributed by atoms with E-state index in [1.807, 2.05) is 4.90 Å². The standard InChI is InChI=1S/C9H14ClNO/c10-5-6-11(8-3-4-8)9(12)7-1-2-7/h7-8H,1-6H2. The lowest BCUT2D eigenvalue weighted by atomic mass is 10.3. The third-order valence-corrected chi connectivity index (χ3v) is 2.69. The number of halogens is 1. The minimum atomic E-state index is 0.355. The zero-order valence-electron chi connectivity index (χ0n) is 7.13. The minimum absolute atomic E-state index is 0.355. The predicted octanol–water partition coefficient (Wildman–Crippen LogP) is 1.63. The van der Waals surface area contributed by atoms with Gasteiger partial charge in [-0.25, -0.2) is 0 Å². The summed E-state index contributed by atoms with van der Waals surface area (Å²) in [4.78, 5) is 13.6. The summed E-state index contributed by atoms with van der Waals surface area (Å²) in [7, 11) is 0. The van der Waals surface area contributed by atoms with Crippen LogP contribution in [-0.2, 0) is 4.79 Å². The van der Waals surface area contributed by atoms with Gasteiger partial charge in [-0.1, -0.05) is 0 Å². The molecule has 0 aliphatic heterocycles. The van der Waals surface area contributed by atoms with Crippen molar-refractivity contribution in [2.75, 3.05) is 12.4 Å². The lowest BCUT2D eigenvalue weighted by Gasteiger charge is -2.20. The quantitative estimate of drug-likeness (QED) is 0.613. The van der Waals surface area contributed by atoms with Crippen LogP contribution in [0.3, 0.4) is 0 Å². The van der Waals surface area contributed by atoms with Gasteiger partial charge in [0.1, 0.15) is 0 Å². The number of rotatable bonds is 4. The monoisotopic (exact) mass is 187 g/mol. The average molecular weight is 188 g/mol. The van der Waals surface area contributed by atoms with Gasteiger partial charge in [-0.05, 0) is 25.7 Å². The summed E-state index contributed by atoms with van der Waals surface area (Å²) in [5.74, 6) is 1.29. The number of amides is 1. The Labute approximate surface area is 77.9 Å². The second-order valence-electron chi connectivity index (χ2n) is 3.73. The Hall–Kier alpha value is -0.240. The largest absolute Gasteiger partial charge is 0.338 e. The molecule has 68 valence electrons. The van der Waals surface area contributed by atoms with E-state index in [1.165, 1.54) is 12.8 Å². The van der Waals surface area contributed by atoms with Gasteiger partial charge in [-0.2, -0.15) is 0 Å². The van der Waals surface area contributed by atoms with Crippen molar-refractivity contribution in [1.29, 1.82) is 0 Å². The molecule has 0 atom stereocenters. The van der Waals surface area contributed by atoms with E-state index in [4.69, 9.17) is 11.6 Å². The van der Waals surface area contributed by atoms with E-state index in [2.05, 4.69) is 0 Å². The summed E-state index contributed by atoms with van der Waals surface area (Å²) in [6.07, 6.45) is 4.58. The summed E-state index contributed by atoms with van der Waals surface area (Å²) in [6, 6.07) is 0.539. The molecule has 12 heavy (non-hydrogen) atoms. The Morgan fingerprint density at radius 1 is 1.33 bits per heavy atom. The Balaban J connectivity index is 1.89. The molecule has 0 aromatic carbocycles. The molecule has 0 aromatic heterocycles. The van der Waals surface area contributed by atoms with Gasteiger partial charge < -0.3 is 4.90 Å². The molecule has 0 unspecified atom stereocenters. The lowest BCUT2D eigenvalue weighted by Crippen LogP contribution is -2.35. The van der Waals surface area contributed by atoms with Crippen molar-refractivity contribution in [1.82, 2.24) is 4.90 Å². The maximum Gasteiger partial charge on any atom is 0.225 e. The molecule has 0 saturated heterocycles. The van der Waals surface area contributed by atoms with Crippen molar-refractivity contribution in [2.24, 2.45) is 5.92 Å². The van der Waals surface area contributed by atoms with E-state index in [-0.39, 0.29) is 0 Å². The first-order valence-electron chi connectivity index (χ1n) is 4.69. The third kappa shape index (κ3) is 1.74. The van der Waals surface area contributed by atoms with Crippen LogP contribution in [0, 0.1) is 5.92 Å². The van der Waals surface area contributed by atoms with Gasteiger partial charge in [0.2, 0.25) is 5.91 Å². The first-order valence-corrected chi connectivity index (χ1v) is 5.23. The van der Waals surface area contributed by atoms with Gasteiger partial charge in [0.25, 0.3) is 0 Å². The molecule has 0 bridgehead atoms. The number of alkyl halides is 1. The number of carbonyl (C=O) groups excluding carboxylic acids is 1. The van der Waals surface area contributed by atoms with Crippen LogP contribution in [0.5, 0.6) is 0 Å². The zero-order valence-corrected chi connectivity index (χ0v) is 7.89. The molecular weight excluding hydrogens is 174 g/mol. The second-order valence-corrected chi connectivity index (χ2v) is 4.10. The van der Waals surface area contributed by atoms with Gasteiger partial charge in [0.15, 0.2) is 0 Å². The summed E-state index contributed by atoms with van der Waals surface area (Å²) >= 11 is 5.64. The molecule has 0 aromatic rings. The number of carbonyl (C=O) groups is 1. The summed E-state index contributed by atoms with van der Waals surface area (Å²) in [5, 5.41) is 0. The minimum Gasteiger partial charge on any atom is -0.338 e. The molecule has 2 saturated carbocycles. The predicted molar refractivity (Wildman–Crippen MR) is 48.2 cm³/mol. The maximum absolute atomic E-state index is 11.6. The summed E-state index contributed by atoms with van der Waals surface area (Å²) in [6.45, 7) is 0.752. The van der Waals surface area contributed by atoms with Crippen LogP contribution in [-0.4, -0.2) is 29.3 Å². The molecule has 3 heteroatoms. The van der Waals surface area contributed by atoms with E-state index in [9.17, 15) is 4.79 Å². The number of hydrogen-bond donors (Lipinski definition) is 0.